The highest BCUT2D eigenvalue weighted by Crippen LogP contribution is 2.15. The maximum atomic E-state index is 12.4. The lowest BCUT2D eigenvalue weighted by Crippen LogP contribution is -2.38. The normalized spacial score (nSPS) is 25.8. The molecule has 5 heteroatoms. The van der Waals surface area contributed by atoms with E-state index in [0.29, 0.717) is 25.0 Å². The van der Waals surface area contributed by atoms with Crippen molar-refractivity contribution in [2.75, 3.05) is 45.9 Å². The molecule has 0 aromatic carbocycles. The molecule has 5 nitrogen and oxygen atoms in total. The Balaban J connectivity index is 1.75. The number of hydrogen-bond acceptors (Lipinski definition) is 4. The molecule has 2 unspecified atom stereocenters. The van der Waals surface area contributed by atoms with Crippen LogP contribution in [0.25, 0.3) is 0 Å². The van der Waals surface area contributed by atoms with Gasteiger partial charge in [-0.15, -0.1) is 0 Å². The number of carbonyl (C=O) groups excluding carboxylic acids is 1. The van der Waals surface area contributed by atoms with Crippen molar-refractivity contribution in [3.05, 3.63) is 0 Å². The summed E-state index contributed by atoms with van der Waals surface area (Å²) in [5.74, 6) is 0.620. The van der Waals surface area contributed by atoms with E-state index in [0.717, 1.165) is 52.2 Å². The number of nitrogens with two attached hydrogens (primary N) is 1. The van der Waals surface area contributed by atoms with Crippen LogP contribution in [0.3, 0.4) is 0 Å². The minimum absolute atomic E-state index is 0.284. The highest BCUT2D eigenvalue weighted by Gasteiger charge is 2.24. The summed E-state index contributed by atoms with van der Waals surface area (Å²) in [7, 11) is 0. The van der Waals surface area contributed by atoms with E-state index in [1.165, 1.54) is 12.8 Å². The zero-order chi connectivity index (χ0) is 15.1. The van der Waals surface area contributed by atoms with Gasteiger partial charge in [0.25, 0.3) is 0 Å². The third-order valence-electron chi connectivity index (χ3n) is 4.80. The molecule has 0 saturated carbocycles. The minimum Gasteiger partial charge on any atom is -0.377 e. The molecule has 0 spiro atoms. The van der Waals surface area contributed by atoms with Crippen molar-refractivity contribution in [2.45, 2.75) is 45.1 Å². The Morgan fingerprint density at radius 1 is 1.29 bits per heavy atom. The number of amides is 1. The van der Waals surface area contributed by atoms with Crippen LogP contribution in [0.2, 0.25) is 0 Å². The number of hydrogen-bond donors (Lipinski definition) is 1. The molecule has 2 N–H and O–H groups in total. The maximum Gasteiger partial charge on any atom is 0.222 e. The van der Waals surface area contributed by atoms with Crippen molar-refractivity contribution in [3.63, 3.8) is 0 Å². The molecule has 1 amide bonds. The maximum absolute atomic E-state index is 12.4. The molecule has 2 heterocycles. The van der Waals surface area contributed by atoms with E-state index >= 15 is 0 Å². The van der Waals surface area contributed by atoms with Crippen LogP contribution in [0.15, 0.2) is 0 Å². The van der Waals surface area contributed by atoms with Crippen LogP contribution < -0.4 is 5.73 Å². The molecule has 2 fully saturated rings. The SMILES string of the molecule is CCC(CN)CC(=O)N1CCCN(CC2CCCO2)CC1. The van der Waals surface area contributed by atoms with Crippen molar-refractivity contribution in [3.8, 4) is 0 Å². The Labute approximate surface area is 128 Å². The van der Waals surface area contributed by atoms with E-state index in [2.05, 4.69) is 11.8 Å². The van der Waals surface area contributed by atoms with Crippen molar-refractivity contribution in [1.29, 1.82) is 0 Å². The fraction of sp³-hybridized carbons (Fsp3) is 0.938. The molecule has 2 aliphatic rings. The molecule has 0 radical (unpaired) electrons. The van der Waals surface area contributed by atoms with Gasteiger partial charge in [0.15, 0.2) is 0 Å². The first-order valence-electron chi connectivity index (χ1n) is 8.54. The van der Waals surface area contributed by atoms with Gasteiger partial charge >= 0.3 is 0 Å². The summed E-state index contributed by atoms with van der Waals surface area (Å²) in [5.41, 5.74) is 5.71. The van der Waals surface area contributed by atoms with Gasteiger partial charge in [-0.2, -0.15) is 0 Å². The van der Waals surface area contributed by atoms with Crippen LogP contribution in [0, 0.1) is 5.92 Å². The third kappa shape index (κ3) is 5.24. The Morgan fingerprint density at radius 3 is 2.81 bits per heavy atom. The summed E-state index contributed by atoms with van der Waals surface area (Å²) in [6.45, 7) is 8.47. The fourth-order valence-electron chi connectivity index (χ4n) is 3.25. The van der Waals surface area contributed by atoms with Crippen LogP contribution in [-0.4, -0.2) is 67.7 Å². The van der Waals surface area contributed by atoms with E-state index in [4.69, 9.17) is 10.5 Å². The summed E-state index contributed by atoms with van der Waals surface area (Å²) in [6, 6.07) is 0. The van der Waals surface area contributed by atoms with Crippen molar-refractivity contribution >= 4 is 5.91 Å². The molecule has 0 aromatic heterocycles. The number of carbonyl (C=O) groups is 1. The molecular formula is C16H31N3O2. The van der Waals surface area contributed by atoms with E-state index in [9.17, 15) is 4.79 Å². The highest BCUT2D eigenvalue weighted by atomic mass is 16.5. The predicted octanol–water partition coefficient (Wildman–Crippen LogP) is 1.07. The number of ether oxygens (including phenoxy) is 1. The average Bonchev–Trinajstić information content (AvgIpc) is 2.89. The van der Waals surface area contributed by atoms with Crippen LogP contribution in [-0.2, 0) is 9.53 Å². The Hall–Kier alpha value is -0.650. The highest BCUT2D eigenvalue weighted by molar-refractivity contribution is 5.76. The van der Waals surface area contributed by atoms with Gasteiger partial charge < -0.3 is 15.4 Å². The third-order valence-corrected chi connectivity index (χ3v) is 4.80. The van der Waals surface area contributed by atoms with Crippen molar-refractivity contribution in [2.24, 2.45) is 11.7 Å². The Bertz CT molecular complexity index is 315. The van der Waals surface area contributed by atoms with Gasteiger partial charge in [-0.05, 0) is 38.3 Å². The second kappa shape index (κ2) is 8.71. The zero-order valence-electron chi connectivity index (χ0n) is 13.4. The first kappa shape index (κ1) is 16.7. The molecule has 0 aliphatic carbocycles. The van der Waals surface area contributed by atoms with Gasteiger partial charge in [0, 0.05) is 39.2 Å². The van der Waals surface area contributed by atoms with Crippen LogP contribution in [0.1, 0.15) is 39.0 Å². The van der Waals surface area contributed by atoms with Crippen LogP contribution in [0.5, 0.6) is 0 Å². The molecule has 21 heavy (non-hydrogen) atoms. The molecule has 2 rings (SSSR count). The van der Waals surface area contributed by atoms with E-state index in [-0.39, 0.29) is 5.91 Å². The quantitative estimate of drug-likeness (QED) is 0.797. The molecule has 122 valence electrons. The largest absolute Gasteiger partial charge is 0.377 e. The Kier molecular flexibility index (Phi) is 6.93. The summed E-state index contributed by atoms with van der Waals surface area (Å²) in [4.78, 5) is 16.9. The second-order valence-electron chi connectivity index (χ2n) is 6.38. The second-order valence-corrected chi connectivity index (χ2v) is 6.38. The predicted molar refractivity (Wildman–Crippen MR) is 84.1 cm³/mol. The average molecular weight is 297 g/mol. The number of nitrogens with zero attached hydrogens (tertiary/aromatic N) is 2. The number of rotatable bonds is 6. The monoisotopic (exact) mass is 297 g/mol. The van der Waals surface area contributed by atoms with E-state index in [1.54, 1.807) is 0 Å². The van der Waals surface area contributed by atoms with Crippen LogP contribution in [0.4, 0.5) is 0 Å². The van der Waals surface area contributed by atoms with Crippen molar-refractivity contribution in [1.82, 2.24) is 9.80 Å². The summed E-state index contributed by atoms with van der Waals surface area (Å²) in [6.07, 6.45) is 5.46. The van der Waals surface area contributed by atoms with Gasteiger partial charge in [-0.3, -0.25) is 9.69 Å². The molecule has 2 saturated heterocycles. The first-order valence-corrected chi connectivity index (χ1v) is 8.54. The molecule has 2 atom stereocenters. The summed E-state index contributed by atoms with van der Waals surface area (Å²) in [5, 5.41) is 0. The molecular weight excluding hydrogens is 266 g/mol. The van der Waals surface area contributed by atoms with E-state index < -0.39 is 0 Å². The smallest absolute Gasteiger partial charge is 0.222 e. The lowest BCUT2D eigenvalue weighted by atomic mass is 10.0. The molecule has 2 aliphatic heterocycles. The van der Waals surface area contributed by atoms with Gasteiger partial charge in [0.2, 0.25) is 5.91 Å². The molecule has 0 aromatic rings. The lowest BCUT2D eigenvalue weighted by molar-refractivity contribution is -0.132. The van der Waals surface area contributed by atoms with Gasteiger partial charge in [0.05, 0.1) is 6.10 Å². The first-order chi connectivity index (χ1) is 10.2. The van der Waals surface area contributed by atoms with Gasteiger partial charge in [0.1, 0.15) is 0 Å². The summed E-state index contributed by atoms with van der Waals surface area (Å²) >= 11 is 0. The molecule has 0 bridgehead atoms. The topological polar surface area (TPSA) is 58.8 Å². The van der Waals surface area contributed by atoms with Crippen LogP contribution >= 0.6 is 0 Å². The van der Waals surface area contributed by atoms with E-state index in [1.807, 2.05) is 4.90 Å². The standard InChI is InChI=1S/C16H31N3O2/c1-2-14(12-17)11-16(20)19-7-4-6-18(8-9-19)13-15-5-3-10-21-15/h14-15H,2-13,17H2,1H3. The van der Waals surface area contributed by atoms with Gasteiger partial charge in [-0.1, -0.05) is 13.3 Å². The van der Waals surface area contributed by atoms with Crippen molar-refractivity contribution < 1.29 is 9.53 Å². The minimum atomic E-state index is 0.284. The van der Waals surface area contributed by atoms with Gasteiger partial charge in [-0.25, -0.2) is 0 Å². The zero-order valence-corrected chi connectivity index (χ0v) is 13.4. The summed E-state index contributed by atoms with van der Waals surface area (Å²) < 4.78 is 5.72. The fourth-order valence-corrected chi connectivity index (χ4v) is 3.25. The Morgan fingerprint density at radius 2 is 2.14 bits per heavy atom. The lowest BCUT2D eigenvalue weighted by Gasteiger charge is -2.25.